The van der Waals surface area contributed by atoms with Crippen LogP contribution in [0.3, 0.4) is 0 Å². The summed E-state index contributed by atoms with van der Waals surface area (Å²) in [6, 6.07) is 4.03. The van der Waals surface area contributed by atoms with E-state index in [-0.39, 0.29) is 0 Å². The normalized spacial score (nSPS) is 15.4. The van der Waals surface area contributed by atoms with Gasteiger partial charge in [0.1, 0.15) is 0 Å². The largest absolute Gasteiger partial charge is 0.490 e. The van der Waals surface area contributed by atoms with E-state index in [4.69, 9.17) is 29.7 Å². The maximum Gasteiger partial charge on any atom is 0.490 e. The summed E-state index contributed by atoms with van der Waals surface area (Å²) in [6.45, 7) is 5.57. The zero-order valence-electron chi connectivity index (χ0n) is 23.2. The van der Waals surface area contributed by atoms with Gasteiger partial charge in [-0.25, -0.2) is 24.4 Å². The molecule has 3 aromatic heterocycles. The highest BCUT2D eigenvalue weighted by Crippen LogP contribution is 2.30. The molecule has 0 spiro atoms. The second-order valence-electron chi connectivity index (χ2n) is 9.46. The van der Waals surface area contributed by atoms with Crippen molar-refractivity contribution in [1.82, 2.24) is 24.3 Å². The highest BCUT2D eigenvalue weighted by molar-refractivity contribution is 5.74. The molecule has 0 aromatic carbocycles. The lowest BCUT2D eigenvalue weighted by molar-refractivity contribution is -0.193. The third-order valence-electron chi connectivity index (χ3n) is 6.00. The van der Waals surface area contributed by atoms with Gasteiger partial charge < -0.3 is 20.2 Å². The Hall–Kier alpha value is -4.69. The number of fused-ring (bicyclic) bond motifs is 1. The third kappa shape index (κ3) is 12.0. The van der Waals surface area contributed by atoms with E-state index in [2.05, 4.69) is 29.2 Å². The Balaban J connectivity index is 0.000000289. The molecule has 0 unspecified atom stereocenters. The first-order valence-electron chi connectivity index (χ1n) is 12.8. The van der Waals surface area contributed by atoms with Crippen LogP contribution >= 0.6 is 0 Å². The first kappa shape index (κ1) is 37.5. The smallest absolute Gasteiger partial charge is 0.475 e. The fraction of sp³-hybridized carbons (Fsp3) is 0.440. The van der Waals surface area contributed by atoms with Gasteiger partial charge >= 0.3 is 36.4 Å². The summed E-state index contributed by atoms with van der Waals surface area (Å²) < 4.78 is 97.3. The molecule has 3 N–H and O–H groups in total. The summed E-state index contributed by atoms with van der Waals surface area (Å²) in [6.07, 6.45) is -2.97. The van der Waals surface area contributed by atoms with E-state index in [0.717, 1.165) is 54.8 Å². The van der Waals surface area contributed by atoms with E-state index in [0.29, 0.717) is 0 Å². The first-order chi connectivity index (χ1) is 21.2. The molecule has 0 bridgehead atoms. The van der Waals surface area contributed by atoms with Crippen molar-refractivity contribution in [1.29, 1.82) is 0 Å². The fourth-order valence-electron chi connectivity index (χ4n) is 3.67. The molecule has 0 radical (unpaired) electrons. The van der Waals surface area contributed by atoms with Crippen LogP contribution in [0.25, 0.3) is 16.9 Å². The standard InChI is InChI=1S/C19H22N6.3C2HF3O2/c1-2-15(1)14-23-9-11-24(12-10-23)18-19-22-13-17(25(19)8-7-21-18)16-3-5-20-6-4-16;3*3-2(4,5)1(6)7/h3-8,13,15H,1-2,9-12,14H2;3*(H,6,7). The summed E-state index contributed by atoms with van der Waals surface area (Å²) in [4.78, 5) is 45.1. The number of carbonyl (C=O) groups is 3. The Morgan fingerprint density at radius 1 is 0.739 bits per heavy atom. The lowest BCUT2D eigenvalue weighted by atomic mass is 10.2. The Bertz CT molecular complexity index is 1400. The molecule has 1 saturated carbocycles. The van der Waals surface area contributed by atoms with Crippen molar-refractivity contribution in [3.63, 3.8) is 0 Å². The third-order valence-corrected chi connectivity index (χ3v) is 6.00. The second-order valence-corrected chi connectivity index (χ2v) is 9.46. The summed E-state index contributed by atoms with van der Waals surface area (Å²) in [5, 5.41) is 21.4. The van der Waals surface area contributed by atoms with Gasteiger partial charge in [-0.15, -0.1) is 0 Å². The number of nitrogens with zero attached hydrogens (tertiary/aromatic N) is 6. The Labute approximate surface area is 252 Å². The fourth-order valence-corrected chi connectivity index (χ4v) is 3.67. The van der Waals surface area contributed by atoms with Gasteiger partial charge in [0.25, 0.3) is 0 Å². The summed E-state index contributed by atoms with van der Waals surface area (Å²) in [5.74, 6) is -6.32. The molecule has 12 nitrogen and oxygen atoms in total. The minimum absolute atomic E-state index is 0.935. The number of aromatic nitrogens is 4. The summed E-state index contributed by atoms with van der Waals surface area (Å²) in [5.41, 5.74) is 3.13. The van der Waals surface area contributed by atoms with Gasteiger partial charge in [0.15, 0.2) is 11.5 Å². The number of alkyl halides is 9. The van der Waals surface area contributed by atoms with Crippen molar-refractivity contribution in [2.24, 2.45) is 5.92 Å². The number of carboxylic acid groups (broad SMARTS) is 3. The lowest BCUT2D eigenvalue weighted by Crippen LogP contribution is -2.47. The van der Waals surface area contributed by atoms with Crippen molar-refractivity contribution >= 4 is 29.4 Å². The van der Waals surface area contributed by atoms with Gasteiger partial charge in [0.05, 0.1) is 11.9 Å². The predicted octanol–water partition coefficient (Wildman–Crippen LogP) is 4.22. The molecular weight excluding hydrogens is 651 g/mol. The Morgan fingerprint density at radius 2 is 1.20 bits per heavy atom. The summed E-state index contributed by atoms with van der Waals surface area (Å²) in [7, 11) is 0. The molecule has 1 aliphatic heterocycles. The molecule has 21 heteroatoms. The van der Waals surface area contributed by atoms with Crippen LogP contribution in [0.4, 0.5) is 45.3 Å². The van der Waals surface area contributed by atoms with Crippen LogP contribution in [-0.2, 0) is 14.4 Å². The minimum Gasteiger partial charge on any atom is -0.475 e. The van der Waals surface area contributed by atoms with Crippen molar-refractivity contribution in [3.8, 4) is 11.3 Å². The van der Waals surface area contributed by atoms with Gasteiger partial charge in [0, 0.05) is 63.1 Å². The maximum absolute atomic E-state index is 10.6. The van der Waals surface area contributed by atoms with Crippen LogP contribution in [0.1, 0.15) is 12.8 Å². The van der Waals surface area contributed by atoms with Gasteiger partial charge in [-0.1, -0.05) is 0 Å². The van der Waals surface area contributed by atoms with Gasteiger partial charge in [0.2, 0.25) is 0 Å². The zero-order chi connectivity index (χ0) is 34.9. The minimum atomic E-state index is -5.08. The number of imidazole rings is 1. The number of hydrogen-bond donors (Lipinski definition) is 3. The average Bonchev–Trinajstić information content (AvgIpc) is 3.67. The van der Waals surface area contributed by atoms with Crippen molar-refractivity contribution in [2.75, 3.05) is 37.6 Å². The van der Waals surface area contributed by atoms with Crippen LogP contribution in [0.2, 0.25) is 0 Å². The van der Waals surface area contributed by atoms with Crippen LogP contribution in [0, 0.1) is 5.92 Å². The van der Waals surface area contributed by atoms with Crippen LogP contribution in [0.15, 0.2) is 43.1 Å². The molecule has 3 aromatic rings. The monoisotopic (exact) mass is 676 g/mol. The number of anilines is 1. The van der Waals surface area contributed by atoms with E-state index in [1.54, 1.807) is 0 Å². The maximum atomic E-state index is 10.6. The molecule has 4 heterocycles. The highest BCUT2D eigenvalue weighted by atomic mass is 19.4. The van der Waals surface area contributed by atoms with Crippen LogP contribution in [0.5, 0.6) is 0 Å². The molecule has 2 aliphatic rings. The van der Waals surface area contributed by atoms with Crippen molar-refractivity contribution < 1.29 is 69.2 Å². The quantitative estimate of drug-likeness (QED) is 0.340. The average molecular weight is 676 g/mol. The van der Waals surface area contributed by atoms with Crippen LogP contribution < -0.4 is 4.90 Å². The van der Waals surface area contributed by atoms with E-state index < -0.39 is 36.4 Å². The predicted molar refractivity (Wildman–Crippen MR) is 139 cm³/mol. The van der Waals surface area contributed by atoms with E-state index >= 15 is 0 Å². The van der Waals surface area contributed by atoms with Crippen molar-refractivity contribution in [3.05, 3.63) is 43.1 Å². The molecule has 46 heavy (non-hydrogen) atoms. The Kier molecular flexibility index (Phi) is 12.7. The van der Waals surface area contributed by atoms with Gasteiger partial charge in [-0.2, -0.15) is 39.5 Å². The molecule has 254 valence electrons. The van der Waals surface area contributed by atoms with E-state index in [1.165, 1.54) is 19.4 Å². The molecule has 5 rings (SSSR count). The van der Waals surface area contributed by atoms with Crippen LogP contribution in [-0.4, -0.2) is 109 Å². The second kappa shape index (κ2) is 15.5. The first-order valence-corrected chi connectivity index (χ1v) is 12.8. The number of hydrogen-bond acceptors (Lipinski definition) is 8. The SMILES string of the molecule is O=C(O)C(F)(F)F.O=C(O)C(F)(F)F.O=C(O)C(F)(F)F.c1cc(-c2cnc3c(N4CCN(CC5CC5)CC4)nccn23)ccn1. The molecule has 1 aliphatic carbocycles. The number of aliphatic carboxylic acids is 3. The van der Waals surface area contributed by atoms with Crippen molar-refractivity contribution in [2.45, 2.75) is 31.4 Å². The zero-order valence-corrected chi connectivity index (χ0v) is 23.2. The molecular formula is C25H25F9N6O6. The van der Waals surface area contributed by atoms with Gasteiger partial charge in [-0.3, -0.25) is 14.3 Å². The molecule has 0 atom stereocenters. The molecule has 0 amide bonds. The molecule has 2 fully saturated rings. The topological polar surface area (TPSA) is 161 Å². The lowest BCUT2D eigenvalue weighted by Gasteiger charge is -2.35. The van der Waals surface area contributed by atoms with E-state index in [9.17, 15) is 39.5 Å². The number of rotatable bonds is 4. The molecule has 1 saturated heterocycles. The number of carboxylic acids is 3. The number of halogens is 9. The number of pyridine rings is 1. The Morgan fingerprint density at radius 3 is 1.61 bits per heavy atom. The highest BCUT2D eigenvalue weighted by Gasteiger charge is 2.39. The van der Waals surface area contributed by atoms with Gasteiger partial charge in [-0.05, 0) is 30.9 Å². The van der Waals surface area contributed by atoms with E-state index in [1.807, 2.05) is 43.1 Å². The summed E-state index contributed by atoms with van der Waals surface area (Å²) >= 11 is 0. The number of piperazine rings is 1.